The summed E-state index contributed by atoms with van der Waals surface area (Å²) in [4.78, 5) is 18.7. The second-order valence-corrected chi connectivity index (χ2v) is 8.76. The molecule has 2 atom stereocenters. The number of aromatic nitrogens is 6. The summed E-state index contributed by atoms with van der Waals surface area (Å²) in [5.41, 5.74) is 4.37. The van der Waals surface area contributed by atoms with Crippen molar-refractivity contribution in [2.45, 2.75) is 45.4 Å². The zero-order valence-corrected chi connectivity index (χ0v) is 20.1. The van der Waals surface area contributed by atoms with E-state index in [2.05, 4.69) is 39.1 Å². The van der Waals surface area contributed by atoms with E-state index in [0.29, 0.717) is 35.6 Å². The van der Waals surface area contributed by atoms with Gasteiger partial charge >= 0.3 is 0 Å². The first-order chi connectivity index (χ1) is 16.4. The first-order valence-corrected chi connectivity index (χ1v) is 11.4. The van der Waals surface area contributed by atoms with Crippen LogP contribution in [0.2, 0.25) is 0 Å². The normalized spacial score (nSPS) is 17.0. The van der Waals surface area contributed by atoms with Gasteiger partial charge in [0, 0.05) is 36.2 Å². The molecule has 5 rings (SSSR count). The molecule has 34 heavy (non-hydrogen) atoms. The molecule has 2 unspecified atom stereocenters. The highest BCUT2D eigenvalue weighted by molar-refractivity contribution is 5.44. The lowest BCUT2D eigenvalue weighted by Gasteiger charge is -2.11. The molecule has 0 spiro atoms. The Kier molecular flexibility index (Phi) is 5.73. The van der Waals surface area contributed by atoms with Gasteiger partial charge < -0.3 is 9.47 Å². The molecule has 0 bridgehead atoms. The van der Waals surface area contributed by atoms with E-state index in [-0.39, 0.29) is 0 Å². The Bertz CT molecular complexity index is 1330. The standard InChI is InChI=1S/C26H28N6O2/c1-15-6-8-21(27-14-15)19-12-20(19)22-13-26(29-16(2)28-22)32-25(30-17(3)31-32)11-18-7-9-23(33-4)24(10-18)34-5/h6-10,13-14,19-20H,11-12H2,1-5H3. The molecule has 8 heteroatoms. The molecule has 0 saturated heterocycles. The minimum absolute atomic E-state index is 0.342. The average Bonchev–Trinajstić information content (AvgIpc) is 3.55. The van der Waals surface area contributed by atoms with Gasteiger partial charge in [-0.15, -0.1) is 5.10 Å². The van der Waals surface area contributed by atoms with Crippen molar-refractivity contribution in [3.8, 4) is 17.3 Å². The summed E-state index contributed by atoms with van der Waals surface area (Å²) in [6.07, 6.45) is 3.56. The lowest BCUT2D eigenvalue weighted by Crippen LogP contribution is -2.09. The van der Waals surface area contributed by atoms with Crippen LogP contribution in [0.15, 0.2) is 42.6 Å². The van der Waals surface area contributed by atoms with E-state index >= 15 is 0 Å². The molecule has 1 aliphatic rings. The number of aryl methyl sites for hydroxylation is 3. The maximum atomic E-state index is 5.46. The van der Waals surface area contributed by atoms with Crippen molar-refractivity contribution in [1.29, 1.82) is 0 Å². The van der Waals surface area contributed by atoms with Gasteiger partial charge in [0.15, 0.2) is 17.3 Å². The molecule has 1 aliphatic carbocycles. The number of hydrogen-bond acceptors (Lipinski definition) is 7. The van der Waals surface area contributed by atoms with Crippen LogP contribution in [-0.4, -0.2) is 43.9 Å². The highest BCUT2D eigenvalue weighted by atomic mass is 16.5. The summed E-state index contributed by atoms with van der Waals surface area (Å²) in [6.45, 7) is 5.87. The van der Waals surface area contributed by atoms with E-state index in [9.17, 15) is 0 Å². The third kappa shape index (κ3) is 4.35. The van der Waals surface area contributed by atoms with Gasteiger partial charge in [0.05, 0.1) is 19.9 Å². The second kappa shape index (κ2) is 8.85. The van der Waals surface area contributed by atoms with E-state index in [1.807, 2.05) is 49.0 Å². The third-order valence-electron chi connectivity index (χ3n) is 6.14. The summed E-state index contributed by atoms with van der Waals surface area (Å²) in [5, 5.41) is 4.65. The lowest BCUT2D eigenvalue weighted by atomic mass is 10.1. The van der Waals surface area contributed by atoms with Crippen LogP contribution >= 0.6 is 0 Å². The number of pyridine rings is 1. The van der Waals surface area contributed by atoms with Crippen LogP contribution in [0.1, 0.15) is 58.2 Å². The smallest absolute Gasteiger partial charge is 0.161 e. The molecule has 0 radical (unpaired) electrons. The van der Waals surface area contributed by atoms with Gasteiger partial charge in [-0.1, -0.05) is 12.1 Å². The molecule has 0 N–H and O–H groups in total. The number of benzene rings is 1. The van der Waals surface area contributed by atoms with E-state index in [0.717, 1.165) is 40.8 Å². The van der Waals surface area contributed by atoms with Crippen LogP contribution in [0.5, 0.6) is 11.5 Å². The van der Waals surface area contributed by atoms with Crippen LogP contribution in [0, 0.1) is 20.8 Å². The number of hydrogen-bond donors (Lipinski definition) is 0. The maximum Gasteiger partial charge on any atom is 0.161 e. The molecule has 1 fully saturated rings. The fourth-order valence-electron chi connectivity index (χ4n) is 4.35. The molecular formula is C26H28N6O2. The zero-order chi connectivity index (χ0) is 23.8. The third-order valence-corrected chi connectivity index (χ3v) is 6.14. The van der Waals surface area contributed by atoms with Crippen LogP contribution in [0.3, 0.4) is 0 Å². The van der Waals surface area contributed by atoms with E-state index < -0.39 is 0 Å². The quantitative estimate of drug-likeness (QED) is 0.411. The van der Waals surface area contributed by atoms with Crippen molar-refractivity contribution in [1.82, 2.24) is 29.7 Å². The minimum atomic E-state index is 0.342. The molecule has 3 aromatic heterocycles. The van der Waals surface area contributed by atoms with Crippen molar-refractivity contribution < 1.29 is 9.47 Å². The van der Waals surface area contributed by atoms with Crippen molar-refractivity contribution in [3.63, 3.8) is 0 Å². The van der Waals surface area contributed by atoms with E-state index in [4.69, 9.17) is 14.5 Å². The van der Waals surface area contributed by atoms with Crippen molar-refractivity contribution in [2.75, 3.05) is 14.2 Å². The molecule has 0 amide bonds. The lowest BCUT2D eigenvalue weighted by molar-refractivity contribution is 0.354. The van der Waals surface area contributed by atoms with Crippen molar-refractivity contribution in [2.24, 2.45) is 0 Å². The summed E-state index contributed by atoms with van der Waals surface area (Å²) >= 11 is 0. The number of ether oxygens (including phenoxy) is 2. The van der Waals surface area contributed by atoms with Crippen LogP contribution < -0.4 is 9.47 Å². The van der Waals surface area contributed by atoms with Crippen LogP contribution in [0.4, 0.5) is 0 Å². The largest absolute Gasteiger partial charge is 0.493 e. The van der Waals surface area contributed by atoms with Gasteiger partial charge in [0.2, 0.25) is 0 Å². The monoisotopic (exact) mass is 456 g/mol. The summed E-state index contributed by atoms with van der Waals surface area (Å²) in [5.74, 6) is 5.08. The molecule has 4 aromatic rings. The van der Waals surface area contributed by atoms with Gasteiger partial charge in [-0.25, -0.2) is 15.0 Å². The van der Waals surface area contributed by atoms with E-state index in [1.165, 1.54) is 5.56 Å². The zero-order valence-electron chi connectivity index (χ0n) is 20.1. The van der Waals surface area contributed by atoms with E-state index in [1.54, 1.807) is 14.2 Å². The molecule has 3 heterocycles. The van der Waals surface area contributed by atoms with Gasteiger partial charge in [-0.3, -0.25) is 4.98 Å². The molecule has 174 valence electrons. The van der Waals surface area contributed by atoms with Gasteiger partial charge in [-0.2, -0.15) is 4.68 Å². The van der Waals surface area contributed by atoms with Crippen molar-refractivity contribution in [3.05, 3.63) is 82.6 Å². The minimum Gasteiger partial charge on any atom is -0.493 e. The molecule has 1 saturated carbocycles. The highest BCUT2D eigenvalue weighted by Gasteiger charge is 2.42. The van der Waals surface area contributed by atoms with Crippen molar-refractivity contribution >= 4 is 0 Å². The Balaban J connectivity index is 1.44. The SMILES string of the molecule is COc1ccc(Cc2nc(C)nn2-c2cc(C3CC3c3ccc(C)cn3)nc(C)n2)cc1OC. The summed E-state index contributed by atoms with van der Waals surface area (Å²) in [6, 6.07) is 12.2. The average molecular weight is 457 g/mol. The van der Waals surface area contributed by atoms with Crippen LogP contribution in [0.25, 0.3) is 5.82 Å². The van der Waals surface area contributed by atoms with Gasteiger partial charge in [-0.05, 0) is 56.5 Å². The predicted octanol–water partition coefficient (Wildman–Crippen LogP) is 4.26. The molecule has 0 aliphatic heterocycles. The number of rotatable bonds is 7. The predicted molar refractivity (Wildman–Crippen MR) is 128 cm³/mol. The second-order valence-electron chi connectivity index (χ2n) is 8.76. The summed E-state index contributed by atoms with van der Waals surface area (Å²) in [7, 11) is 3.27. The van der Waals surface area contributed by atoms with Gasteiger partial charge in [0.1, 0.15) is 17.5 Å². The Hall–Kier alpha value is -3.81. The first-order valence-electron chi connectivity index (χ1n) is 11.4. The molecule has 8 nitrogen and oxygen atoms in total. The Labute approximate surface area is 199 Å². The fraction of sp³-hybridized carbons (Fsp3) is 0.346. The maximum absolute atomic E-state index is 5.46. The Morgan fingerprint density at radius 1 is 0.853 bits per heavy atom. The fourth-order valence-corrected chi connectivity index (χ4v) is 4.35. The number of methoxy groups -OCH3 is 2. The summed E-state index contributed by atoms with van der Waals surface area (Å²) < 4.78 is 12.6. The Morgan fingerprint density at radius 2 is 1.65 bits per heavy atom. The topological polar surface area (TPSA) is 87.8 Å². The van der Waals surface area contributed by atoms with Gasteiger partial charge in [0.25, 0.3) is 0 Å². The molecule has 1 aromatic carbocycles. The van der Waals surface area contributed by atoms with Crippen LogP contribution in [-0.2, 0) is 6.42 Å². The Morgan fingerprint density at radius 3 is 2.38 bits per heavy atom. The molecular weight excluding hydrogens is 428 g/mol. The highest BCUT2D eigenvalue weighted by Crippen LogP contribution is 2.53. The number of nitrogens with zero attached hydrogens (tertiary/aromatic N) is 6. The first kappa shape index (κ1) is 22.0.